The highest BCUT2D eigenvalue weighted by atomic mass is 17.9. The number of nitrogens with two attached hydrogens (primary N) is 1. The lowest BCUT2D eigenvalue weighted by Gasteiger charge is -1.92. The summed E-state index contributed by atoms with van der Waals surface area (Å²) >= 11 is 0. The topological polar surface area (TPSA) is 111 Å². The van der Waals surface area contributed by atoms with Crippen molar-refractivity contribution in [1.29, 1.82) is 0 Å². The van der Waals surface area contributed by atoms with Gasteiger partial charge in [0.15, 0.2) is 0 Å². The fourth-order valence-corrected chi connectivity index (χ4v) is 0.0625. The van der Waals surface area contributed by atoms with Crippen LogP contribution in [0.5, 0.6) is 0 Å². The first kappa shape index (κ1) is 8.64. The summed E-state index contributed by atoms with van der Waals surface area (Å²) in [5, 5.41) is 26.9. The zero-order valence-corrected chi connectivity index (χ0v) is 3.88. The third kappa shape index (κ3) is 7.64. The molecular weight excluding hydrogens is 142 g/mol. The fourth-order valence-electron chi connectivity index (χ4n) is 0.0625. The normalized spacial score (nSPS) is 10.0. The van der Waals surface area contributed by atoms with Crippen molar-refractivity contribution in [2.24, 2.45) is 5.90 Å². The van der Waals surface area contributed by atoms with Crippen molar-refractivity contribution in [3.05, 3.63) is 0 Å². The molecule has 0 aliphatic heterocycles. The summed E-state index contributed by atoms with van der Waals surface area (Å²) in [5.74, 6) is 4.24. The number of hydrogen-bond donors (Lipinski definition) is 2. The molecule has 0 saturated carbocycles. The molecule has 56 valence electrons. The molecule has 0 aromatic heterocycles. The van der Waals surface area contributed by atoms with Gasteiger partial charge in [-0.15, -0.1) is 4.99 Å². The van der Waals surface area contributed by atoms with Crippen molar-refractivity contribution in [3.8, 4) is 0 Å². The van der Waals surface area contributed by atoms with Gasteiger partial charge in [-0.05, 0) is 30.2 Å². The highest BCUT2D eigenvalue weighted by Gasteiger charge is 1.89. The van der Waals surface area contributed by atoms with Gasteiger partial charge in [0.05, 0.1) is 0 Å². The van der Waals surface area contributed by atoms with Crippen LogP contribution in [0, 0.1) is 0 Å². The highest BCUT2D eigenvalue weighted by molar-refractivity contribution is 3.11. The van der Waals surface area contributed by atoms with Crippen LogP contribution < -0.4 is 5.90 Å². The molecule has 0 atom stereocenters. The second-order valence-electron chi connectivity index (χ2n) is 0.511. The molecule has 9 heteroatoms. The smallest absolute Gasteiger partial charge is 0.0000315 e. The van der Waals surface area contributed by atoms with Gasteiger partial charge < -0.3 is 0 Å². The van der Waals surface area contributed by atoms with Crippen LogP contribution >= 0.6 is 0 Å². The van der Waals surface area contributed by atoms with Crippen LogP contribution in [-0.2, 0) is 35.2 Å². The van der Waals surface area contributed by atoms with E-state index in [0.717, 1.165) is 0 Å². The average Bonchev–Trinajstić information content (AvgIpc) is 1.89. The minimum atomic E-state index is 2.87. The summed E-state index contributed by atoms with van der Waals surface area (Å²) in [7, 11) is 0. The first-order valence-corrected chi connectivity index (χ1v) is 1.42. The Bertz CT molecular complexity index is 37.8. The van der Waals surface area contributed by atoms with Gasteiger partial charge in [0.1, 0.15) is 0 Å². The lowest BCUT2D eigenvalue weighted by Crippen LogP contribution is -2.03. The molecule has 0 aliphatic carbocycles. The van der Waals surface area contributed by atoms with E-state index < -0.39 is 0 Å². The third-order valence-corrected chi connectivity index (χ3v) is 0.181. The van der Waals surface area contributed by atoms with Gasteiger partial charge in [0.25, 0.3) is 0 Å². The van der Waals surface area contributed by atoms with Crippen molar-refractivity contribution in [2.45, 2.75) is 0 Å². The molecule has 0 radical (unpaired) electrons. The summed E-state index contributed by atoms with van der Waals surface area (Å²) < 4.78 is 0. The van der Waals surface area contributed by atoms with Crippen LogP contribution in [-0.4, -0.2) is 5.26 Å². The molecule has 0 unspecified atom stereocenters. The van der Waals surface area contributed by atoms with Gasteiger partial charge in [-0.25, -0.2) is 5.26 Å². The predicted octanol–water partition coefficient (Wildman–Crippen LogP) is -1.06. The van der Waals surface area contributed by atoms with E-state index in [9.17, 15) is 0 Å². The summed E-state index contributed by atoms with van der Waals surface area (Å²) in [5.41, 5.74) is 0. The SMILES string of the molecule is NOOOOOOOO. The standard InChI is InChI=1S/H3NO8/c1-3-5-7-9-8-6-4-2/h2H,1H2. The zero-order valence-electron chi connectivity index (χ0n) is 3.88. The fraction of sp³-hybridized carbons (Fsp3) is 0. The molecule has 0 spiro atoms. The number of hydrogen-bond acceptors (Lipinski definition) is 9. The Morgan fingerprint density at radius 2 is 1.44 bits per heavy atom. The van der Waals surface area contributed by atoms with Crippen LogP contribution in [0.3, 0.4) is 0 Å². The summed E-state index contributed by atoms with van der Waals surface area (Å²) in [6.07, 6.45) is 0. The van der Waals surface area contributed by atoms with E-state index >= 15 is 0 Å². The van der Waals surface area contributed by atoms with E-state index in [-0.39, 0.29) is 0 Å². The van der Waals surface area contributed by atoms with E-state index in [1.165, 1.54) is 0 Å². The van der Waals surface area contributed by atoms with E-state index in [4.69, 9.17) is 5.26 Å². The maximum absolute atomic E-state index is 7.34. The molecule has 0 amide bonds. The van der Waals surface area contributed by atoms with Crippen LogP contribution in [0.2, 0.25) is 0 Å². The number of rotatable bonds is 6. The van der Waals surface area contributed by atoms with Gasteiger partial charge in [0.2, 0.25) is 0 Å². The second-order valence-corrected chi connectivity index (χ2v) is 0.511. The summed E-state index contributed by atoms with van der Waals surface area (Å²) in [4.78, 5) is 3.34. The molecule has 0 heterocycles. The third-order valence-electron chi connectivity index (χ3n) is 0.181. The van der Waals surface area contributed by atoms with Gasteiger partial charge in [-0.1, -0.05) is 0 Å². The monoisotopic (exact) mass is 145 g/mol. The van der Waals surface area contributed by atoms with E-state index in [1.807, 2.05) is 0 Å². The van der Waals surface area contributed by atoms with E-state index in [1.54, 1.807) is 0 Å². The van der Waals surface area contributed by atoms with Crippen LogP contribution in [0.1, 0.15) is 0 Å². The Kier molecular flexibility index (Phi) is 7.33. The Hall–Kier alpha value is -0.360. The second kappa shape index (κ2) is 7.64. The summed E-state index contributed by atoms with van der Waals surface area (Å²) in [6.45, 7) is 0. The molecular formula is H3NO8. The lowest BCUT2D eigenvalue weighted by atomic mass is 13.5. The minimum Gasteiger partial charge on any atom is -0.219 e. The highest BCUT2D eigenvalue weighted by Crippen LogP contribution is 1.82. The predicted molar refractivity (Wildman–Crippen MR) is 14.4 cm³/mol. The Morgan fingerprint density at radius 3 is 2.00 bits per heavy atom. The largest absolute Gasteiger partial charge is 0.219 e. The van der Waals surface area contributed by atoms with Crippen molar-refractivity contribution < 1.29 is 40.5 Å². The molecule has 0 aliphatic rings. The minimum absolute atomic E-state index is 2.87. The van der Waals surface area contributed by atoms with Crippen molar-refractivity contribution in [3.63, 3.8) is 0 Å². The van der Waals surface area contributed by atoms with Crippen LogP contribution in [0.4, 0.5) is 0 Å². The summed E-state index contributed by atoms with van der Waals surface area (Å²) in [6, 6.07) is 0. The first-order chi connectivity index (χ1) is 4.41. The Morgan fingerprint density at radius 1 is 0.889 bits per heavy atom. The Balaban J connectivity index is 2.60. The van der Waals surface area contributed by atoms with Crippen molar-refractivity contribution in [2.75, 3.05) is 0 Å². The zero-order chi connectivity index (χ0) is 6.95. The molecule has 0 bridgehead atoms. The van der Waals surface area contributed by atoms with Gasteiger partial charge in [0, 0.05) is 0 Å². The average molecular weight is 145 g/mol. The Labute approximate surface area is 47.8 Å². The maximum atomic E-state index is 7.34. The maximum Gasteiger partial charge on any atom is -0.0000315 e. The van der Waals surface area contributed by atoms with Crippen LogP contribution in [0.25, 0.3) is 0 Å². The van der Waals surface area contributed by atoms with Crippen molar-refractivity contribution >= 4 is 0 Å². The molecule has 0 aromatic carbocycles. The van der Waals surface area contributed by atoms with Gasteiger partial charge in [-0.2, -0.15) is 5.90 Å². The molecule has 0 fully saturated rings. The van der Waals surface area contributed by atoms with Gasteiger partial charge >= 0.3 is 0 Å². The molecule has 0 saturated heterocycles. The first-order valence-electron chi connectivity index (χ1n) is 1.42. The van der Waals surface area contributed by atoms with Gasteiger partial charge in [-0.3, -0.25) is 0 Å². The molecule has 9 heavy (non-hydrogen) atoms. The van der Waals surface area contributed by atoms with E-state index in [2.05, 4.69) is 41.1 Å². The quantitative estimate of drug-likeness (QED) is 0.274. The molecule has 0 rings (SSSR count). The van der Waals surface area contributed by atoms with Crippen molar-refractivity contribution in [1.82, 2.24) is 0 Å². The lowest BCUT2D eigenvalue weighted by molar-refractivity contribution is -0.812. The van der Waals surface area contributed by atoms with E-state index in [0.29, 0.717) is 0 Å². The molecule has 0 aromatic rings. The van der Waals surface area contributed by atoms with Crippen LogP contribution in [0.15, 0.2) is 0 Å². The molecule has 9 nitrogen and oxygen atoms in total. The molecule has 3 N–H and O–H groups in total.